The Morgan fingerprint density at radius 3 is 2.75 bits per heavy atom. The van der Waals surface area contributed by atoms with E-state index in [1.165, 1.54) is 0 Å². The number of aliphatic hydroxyl groups excluding tert-OH is 1. The topological polar surface area (TPSA) is 65.5 Å². The molecular weight excluding hydrogens is 254 g/mol. The molecule has 0 radical (unpaired) electrons. The van der Waals surface area contributed by atoms with Crippen molar-refractivity contribution in [1.29, 1.82) is 0 Å². The molecule has 112 valence electrons. The predicted octanol–water partition coefficient (Wildman–Crippen LogP) is 1.68. The Balaban J connectivity index is 2.61. The van der Waals surface area contributed by atoms with Crippen LogP contribution in [0.4, 0.5) is 5.82 Å². The van der Waals surface area contributed by atoms with Crippen molar-refractivity contribution in [3.63, 3.8) is 0 Å². The minimum Gasteiger partial charge on any atom is -0.396 e. The number of nitrogens with zero attached hydrogens (tertiary/aromatic N) is 2. The fraction of sp³-hybridized carbons (Fsp3) is 0.600. The van der Waals surface area contributed by atoms with Crippen LogP contribution in [0, 0.1) is 5.41 Å². The van der Waals surface area contributed by atoms with Gasteiger partial charge in [0.25, 0.3) is 5.91 Å². The summed E-state index contributed by atoms with van der Waals surface area (Å²) in [5.74, 6) is 0.671. The maximum Gasteiger partial charge on any atom is 0.251 e. The zero-order valence-corrected chi connectivity index (χ0v) is 12.8. The van der Waals surface area contributed by atoms with Gasteiger partial charge in [-0.05, 0) is 30.4 Å². The molecule has 1 aromatic heterocycles. The molecule has 0 saturated heterocycles. The van der Waals surface area contributed by atoms with Crippen molar-refractivity contribution in [2.45, 2.75) is 26.7 Å². The van der Waals surface area contributed by atoms with Gasteiger partial charge in [0.2, 0.25) is 0 Å². The molecule has 20 heavy (non-hydrogen) atoms. The van der Waals surface area contributed by atoms with E-state index in [0.29, 0.717) is 12.1 Å². The lowest BCUT2D eigenvalue weighted by molar-refractivity contribution is 0.0933. The Morgan fingerprint density at radius 2 is 2.15 bits per heavy atom. The van der Waals surface area contributed by atoms with Crippen molar-refractivity contribution in [2.75, 3.05) is 32.1 Å². The Morgan fingerprint density at radius 1 is 1.45 bits per heavy atom. The van der Waals surface area contributed by atoms with Crippen molar-refractivity contribution < 1.29 is 9.90 Å². The number of aliphatic hydroxyl groups is 1. The average Bonchev–Trinajstić information content (AvgIpc) is 2.43. The van der Waals surface area contributed by atoms with Crippen molar-refractivity contribution in [3.8, 4) is 0 Å². The summed E-state index contributed by atoms with van der Waals surface area (Å²) in [6, 6.07) is 3.49. The van der Waals surface area contributed by atoms with E-state index in [1.54, 1.807) is 18.3 Å². The molecule has 0 aliphatic heterocycles. The monoisotopic (exact) mass is 279 g/mol. The summed E-state index contributed by atoms with van der Waals surface area (Å²) >= 11 is 0. The first-order valence-electron chi connectivity index (χ1n) is 6.88. The molecule has 0 aliphatic rings. The number of anilines is 1. The van der Waals surface area contributed by atoms with Crippen molar-refractivity contribution in [1.82, 2.24) is 10.3 Å². The molecule has 2 N–H and O–H groups in total. The second kappa shape index (κ2) is 7.24. The minimum absolute atomic E-state index is 0.0181. The van der Waals surface area contributed by atoms with E-state index in [4.69, 9.17) is 5.11 Å². The number of amides is 1. The standard InChI is InChI=1S/C15H25N3O2/c1-15(2,7-5-9-19)11-17-14(20)12-6-8-16-13(10-12)18(3)4/h6,8,10,19H,5,7,9,11H2,1-4H3,(H,17,20). The Labute approximate surface area is 121 Å². The van der Waals surface area contributed by atoms with Gasteiger partial charge in [0.15, 0.2) is 0 Å². The van der Waals surface area contributed by atoms with Gasteiger partial charge in [-0.3, -0.25) is 4.79 Å². The van der Waals surface area contributed by atoms with E-state index in [9.17, 15) is 4.79 Å². The Bertz CT molecular complexity index is 444. The number of aromatic nitrogens is 1. The number of carbonyl (C=O) groups is 1. The van der Waals surface area contributed by atoms with Crippen LogP contribution in [0.5, 0.6) is 0 Å². The quantitative estimate of drug-likeness (QED) is 0.797. The number of pyridine rings is 1. The zero-order chi connectivity index (χ0) is 15.2. The lowest BCUT2D eigenvalue weighted by Gasteiger charge is -2.24. The molecule has 0 fully saturated rings. The molecule has 0 spiro atoms. The maximum absolute atomic E-state index is 12.1. The van der Waals surface area contributed by atoms with Crippen LogP contribution in [0.2, 0.25) is 0 Å². The van der Waals surface area contributed by atoms with Crippen LogP contribution in [0.25, 0.3) is 0 Å². The summed E-state index contributed by atoms with van der Waals surface area (Å²) in [6.07, 6.45) is 3.27. The van der Waals surface area contributed by atoms with Gasteiger partial charge in [0.1, 0.15) is 5.82 Å². The fourth-order valence-corrected chi connectivity index (χ4v) is 1.87. The van der Waals surface area contributed by atoms with Gasteiger partial charge in [-0.15, -0.1) is 0 Å². The highest BCUT2D eigenvalue weighted by Crippen LogP contribution is 2.21. The summed E-state index contributed by atoms with van der Waals surface area (Å²) in [6.45, 7) is 4.95. The molecule has 0 unspecified atom stereocenters. The van der Waals surface area contributed by atoms with Crippen LogP contribution in [-0.2, 0) is 0 Å². The molecule has 0 bridgehead atoms. The van der Waals surface area contributed by atoms with Crippen LogP contribution in [0.3, 0.4) is 0 Å². The van der Waals surface area contributed by atoms with Crippen molar-refractivity contribution in [2.24, 2.45) is 5.41 Å². The van der Waals surface area contributed by atoms with E-state index in [0.717, 1.165) is 18.7 Å². The molecule has 5 nitrogen and oxygen atoms in total. The number of rotatable bonds is 7. The van der Waals surface area contributed by atoms with Crippen LogP contribution < -0.4 is 10.2 Å². The highest BCUT2D eigenvalue weighted by Gasteiger charge is 2.19. The van der Waals surface area contributed by atoms with Gasteiger partial charge >= 0.3 is 0 Å². The Hall–Kier alpha value is -1.62. The number of carbonyl (C=O) groups excluding carboxylic acids is 1. The molecular formula is C15H25N3O2. The SMILES string of the molecule is CN(C)c1cc(C(=O)NCC(C)(C)CCCO)ccn1. The molecule has 5 heteroatoms. The lowest BCUT2D eigenvalue weighted by Crippen LogP contribution is -2.34. The third-order valence-corrected chi connectivity index (χ3v) is 3.21. The van der Waals surface area contributed by atoms with Crippen molar-refractivity contribution in [3.05, 3.63) is 23.9 Å². The molecule has 1 heterocycles. The minimum atomic E-state index is -0.0902. The number of hydrogen-bond acceptors (Lipinski definition) is 4. The molecule has 0 aromatic carbocycles. The Kier molecular flexibility index (Phi) is 5.95. The predicted molar refractivity (Wildman–Crippen MR) is 81.0 cm³/mol. The highest BCUT2D eigenvalue weighted by molar-refractivity contribution is 5.94. The first kappa shape index (κ1) is 16.4. The smallest absolute Gasteiger partial charge is 0.251 e. The van der Waals surface area contributed by atoms with Gasteiger partial charge in [-0.1, -0.05) is 13.8 Å². The largest absolute Gasteiger partial charge is 0.396 e. The van der Waals surface area contributed by atoms with Crippen molar-refractivity contribution >= 4 is 11.7 Å². The fourth-order valence-electron chi connectivity index (χ4n) is 1.87. The lowest BCUT2D eigenvalue weighted by atomic mass is 9.88. The summed E-state index contributed by atoms with van der Waals surface area (Å²) in [4.78, 5) is 18.2. The summed E-state index contributed by atoms with van der Waals surface area (Å²) in [7, 11) is 3.78. The van der Waals surface area contributed by atoms with E-state index < -0.39 is 0 Å². The van der Waals surface area contributed by atoms with E-state index >= 15 is 0 Å². The summed E-state index contributed by atoms with van der Waals surface area (Å²) < 4.78 is 0. The molecule has 0 saturated carbocycles. The third-order valence-electron chi connectivity index (χ3n) is 3.21. The van der Waals surface area contributed by atoms with Gasteiger partial charge in [0, 0.05) is 39.0 Å². The second-order valence-corrected chi connectivity index (χ2v) is 5.97. The van der Waals surface area contributed by atoms with Gasteiger partial charge in [0.05, 0.1) is 0 Å². The van der Waals surface area contributed by atoms with Crippen LogP contribution in [-0.4, -0.2) is 43.2 Å². The molecule has 1 aromatic rings. The highest BCUT2D eigenvalue weighted by atomic mass is 16.2. The van der Waals surface area contributed by atoms with Crippen LogP contribution in [0.1, 0.15) is 37.0 Å². The van der Waals surface area contributed by atoms with Crippen LogP contribution >= 0.6 is 0 Å². The van der Waals surface area contributed by atoms with Gasteiger partial charge < -0.3 is 15.3 Å². The first-order chi connectivity index (χ1) is 9.35. The van der Waals surface area contributed by atoms with E-state index in [2.05, 4.69) is 24.1 Å². The molecule has 0 atom stereocenters. The molecule has 1 amide bonds. The summed E-state index contributed by atoms with van der Waals surface area (Å²) in [5.41, 5.74) is 0.595. The van der Waals surface area contributed by atoms with E-state index in [-0.39, 0.29) is 17.9 Å². The van der Waals surface area contributed by atoms with Gasteiger partial charge in [-0.25, -0.2) is 4.98 Å². The second-order valence-electron chi connectivity index (χ2n) is 5.97. The maximum atomic E-state index is 12.1. The van der Waals surface area contributed by atoms with E-state index in [1.807, 2.05) is 19.0 Å². The number of nitrogens with one attached hydrogen (secondary N) is 1. The number of hydrogen-bond donors (Lipinski definition) is 2. The average molecular weight is 279 g/mol. The zero-order valence-electron chi connectivity index (χ0n) is 12.8. The molecule has 1 rings (SSSR count). The third kappa shape index (κ3) is 5.17. The molecule has 0 aliphatic carbocycles. The first-order valence-corrected chi connectivity index (χ1v) is 6.88. The van der Waals surface area contributed by atoms with Gasteiger partial charge in [-0.2, -0.15) is 0 Å². The van der Waals surface area contributed by atoms with Crippen LogP contribution in [0.15, 0.2) is 18.3 Å². The normalized spacial score (nSPS) is 11.2. The summed E-state index contributed by atoms with van der Waals surface area (Å²) in [5, 5.41) is 11.8.